The molecule has 0 saturated heterocycles. The quantitative estimate of drug-likeness (QED) is 0.738. The van der Waals surface area contributed by atoms with Gasteiger partial charge >= 0.3 is 5.69 Å². The first-order chi connectivity index (χ1) is 14.1. The highest BCUT2D eigenvalue weighted by Gasteiger charge is 2.28. The van der Waals surface area contributed by atoms with Gasteiger partial charge in [-0.25, -0.2) is 4.79 Å². The zero-order valence-corrected chi connectivity index (χ0v) is 16.9. The second kappa shape index (κ2) is 8.36. The van der Waals surface area contributed by atoms with Crippen molar-refractivity contribution in [3.63, 3.8) is 0 Å². The van der Waals surface area contributed by atoms with Crippen LogP contribution in [0.3, 0.4) is 0 Å². The average Bonchev–Trinajstić information content (AvgIpc) is 3.42. The maximum atomic E-state index is 13.2. The molecule has 0 radical (unpaired) electrons. The average molecular weight is 417 g/mol. The summed E-state index contributed by atoms with van der Waals surface area (Å²) in [5, 5.41) is 1.77. The maximum absolute atomic E-state index is 13.2. The molecule has 0 spiro atoms. The van der Waals surface area contributed by atoms with E-state index in [1.165, 1.54) is 20.5 Å². The highest BCUT2D eigenvalue weighted by Crippen LogP contribution is 2.27. The summed E-state index contributed by atoms with van der Waals surface area (Å²) in [5.74, 6) is -0.905. The molecule has 4 rings (SSSR count). The highest BCUT2D eigenvalue weighted by molar-refractivity contribution is 7.12. The van der Waals surface area contributed by atoms with Crippen LogP contribution >= 0.6 is 11.3 Å². The lowest BCUT2D eigenvalue weighted by atomic mass is 9.95. The zero-order valence-electron chi connectivity index (χ0n) is 16.1. The molecule has 2 aliphatic carbocycles. The number of hydrogen-bond acceptors (Lipinski definition) is 5. The summed E-state index contributed by atoms with van der Waals surface area (Å²) >= 11 is 1.27. The van der Waals surface area contributed by atoms with Crippen LogP contribution in [0.25, 0.3) is 0 Å². The predicted octanol–water partition coefficient (Wildman–Crippen LogP) is 1.53. The molecule has 29 heavy (non-hydrogen) atoms. The van der Waals surface area contributed by atoms with Crippen molar-refractivity contribution in [3.05, 3.63) is 54.5 Å². The molecule has 2 aromatic heterocycles. The van der Waals surface area contributed by atoms with E-state index in [9.17, 15) is 19.2 Å². The molecule has 2 amide bonds. The monoisotopic (exact) mass is 416 g/mol. The van der Waals surface area contributed by atoms with E-state index < -0.39 is 17.5 Å². The molecule has 0 aromatic carbocycles. The topological polar surface area (TPSA) is 102 Å². The van der Waals surface area contributed by atoms with Crippen molar-refractivity contribution in [1.82, 2.24) is 20.0 Å². The minimum atomic E-state index is -0.500. The van der Waals surface area contributed by atoms with Gasteiger partial charge in [-0.05, 0) is 43.6 Å². The molecule has 0 bridgehead atoms. The number of nitrogens with zero attached hydrogens (tertiary/aromatic N) is 2. The van der Waals surface area contributed by atoms with E-state index in [1.54, 1.807) is 17.5 Å². The van der Waals surface area contributed by atoms with Gasteiger partial charge < -0.3 is 0 Å². The Morgan fingerprint density at radius 1 is 1.07 bits per heavy atom. The van der Waals surface area contributed by atoms with Crippen molar-refractivity contribution in [3.8, 4) is 0 Å². The van der Waals surface area contributed by atoms with Crippen LogP contribution in [0, 0.1) is 0 Å². The molecule has 1 saturated carbocycles. The van der Waals surface area contributed by atoms with Gasteiger partial charge in [0.25, 0.3) is 17.4 Å². The van der Waals surface area contributed by atoms with Gasteiger partial charge in [-0.15, -0.1) is 11.3 Å². The summed E-state index contributed by atoms with van der Waals surface area (Å²) in [7, 11) is 0. The third-order valence-corrected chi connectivity index (χ3v) is 6.60. The molecule has 154 valence electrons. The number of carbonyl (C=O) groups is 2. The van der Waals surface area contributed by atoms with Crippen LogP contribution in [-0.2, 0) is 24.2 Å². The fourth-order valence-corrected chi connectivity index (χ4v) is 4.96. The Morgan fingerprint density at radius 2 is 1.86 bits per heavy atom. The molecule has 1 fully saturated rings. The largest absolute Gasteiger partial charge is 0.331 e. The van der Waals surface area contributed by atoms with E-state index in [0.717, 1.165) is 38.5 Å². The Hall–Kier alpha value is -2.68. The summed E-state index contributed by atoms with van der Waals surface area (Å²) in [6, 6.07) is 3.31. The van der Waals surface area contributed by atoms with Crippen molar-refractivity contribution in [2.75, 3.05) is 0 Å². The maximum Gasteiger partial charge on any atom is 0.331 e. The van der Waals surface area contributed by atoms with Gasteiger partial charge in [-0.2, -0.15) is 0 Å². The van der Waals surface area contributed by atoms with Gasteiger partial charge in [0.15, 0.2) is 0 Å². The van der Waals surface area contributed by atoms with E-state index in [1.807, 2.05) is 0 Å². The Labute approximate surface area is 171 Å². The molecule has 0 atom stereocenters. The summed E-state index contributed by atoms with van der Waals surface area (Å²) in [6.07, 6.45) is 6.81. The molecule has 0 unspecified atom stereocenters. The van der Waals surface area contributed by atoms with E-state index in [0.29, 0.717) is 29.0 Å². The summed E-state index contributed by atoms with van der Waals surface area (Å²) in [4.78, 5) is 51.0. The Kier molecular flexibility index (Phi) is 5.66. The number of hydrazine groups is 1. The number of fused-ring (bicyclic) bond motifs is 1. The zero-order chi connectivity index (χ0) is 20.4. The molecular weight excluding hydrogens is 392 g/mol. The van der Waals surface area contributed by atoms with Crippen LogP contribution in [0.2, 0.25) is 0 Å². The van der Waals surface area contributed by atoms with Gasteiger partial charge in [-0.1, -0.05) is 25.3 Å². The summed E-state index contributed by atoms with van der Waals surface area (Å²) < 4.78 is 2.80. The third-order valence-electron chi connectivity index (χ3n) is 5.73. The van der Waals surface area contributed by atoms with E-state index in [4.69, 9.17) is 0 Å². The number of carbonyl (C=O) groups excluding carboxylic acids is 2. The minimum Gasteiger partial charge on any atom is -0.288 e. The van der Waals surface area contributed by atoms with Crippen LogP contribution in [0.15, 0.2) is 27.1 Å². The van der Waals surface area contributed by atoms with Crippen molar-refractivity contribution < 1.29 is 9.59 Å². The first-order valence-electron chi connectivity index (χ1n) is 10.1. The van der Waals surface area contributed by atoms with Crippen LogP contribution in [0.5, 0.6) is 0 Å². The second-order valence-electron chi connectivity index (χ2n) is 7.59. The summed E-state index contributed by atoms with van der Waals surface area (Å²) in [5.41, 5.74) is 5.46. The molecule has 2 N–H and O–H groups in total. The fourth-order valence-electron chi connectivity index (χ4n) is 4.34. The third kappa shape index (κ3) is 3.91. The van der Waals surface area contributed by atoms with Crippen LogP contribution in [0.1, 0.15) is 65.5 Å². The lowest BCUT2D eigenvalue weighted by molar-refractivity contribution is -0.122. The van der Waals surface area contributed by atoms with Crippen molar-refractivity contribution >= 4 is 23.2 Å². The van der Waals surface area contributed by atoms with Crippen LogP contribution in [-0.4, -0.2) is 20.9 Å². The van der Waals surface area contributed by atoms with Gasteiger partial charge in [0.1, 0.15) is 6.54 Å². The molecule has 8 nitrogen and oxygen atoms in total. The van der Waals surface area contributed by atoms with Crippen molar-refractivity contribution in [2.24, 2.45) is 0 Å². The first kappa shape index (κ1) is 19.6. The number of thiophene rings is 1. The SMILES string of the molecule is O=C(Cn1c2c(c(=O)n(C3CCCCC3)c1=O)CCC2)NNC(=O)c1cccs1. The standard InChI is InChI=1S/C20H24N4O4S/c25-17(21-22-18(26)16-10-5-11-29-16)12-23-15-9-4-8-14(15)19(27)24(20(23)28)13-6-2-1-3-7-13/h5,10-11,13H,1-4,6-9,12H2,(H,21,25)(H,22,26). The summed E-state index contributed by atoms with van der Waals surface area (Å²) in [6.45, 7) is -0.223. The highest BCUT2D eigenvalue weighted by atomic mass is 32.1. The van der Waals surface area contributed by atoms with E-state index in [-0.39, 0.29) is 18.1 Å². The number of nitrogens with one attached hydrogen (secondary N) is 2. The van der Waals surface area contributed by atoms with Crippen LogP contribution in [0.4, 0.5) is 0 Å². The second-order valence-corrected chi connectivity index (χ2v) is 8.54. The van der Waals surface area contributed by atoms with Gasteiger partial charge in [0.2, 0.25) is 0 Å². The fraction of sp³-hybridized carbons (Fsp3) is 0.500. The lowest BCUT2D eigenvalue weighted by Crippen LogP contribution is -2.48. The van der Waals surface area contributed by atoms with E-state index in [2.05, 4.69) is 10.9 Å². The molecular formula is C20H24N4O4S. The van der Waals surface area contributed by atoms with Crippen molar-refractivity contribution in [2.45, 2.75) is 64.0 Å². The molecule has 2 heterocycles. The molecule has 9 heteroatoms. The number of hydrogen-bond donors (Lipinski definition) is 2. The number of amides is 2. The molecule has 2 aromatic rings. The number of rotatable bonds is 4. The van der Waals surface area contributed by atoms with Crippen LogP contribution < -0.4 is 22.1 Å². The normalized spacial score (nSPS) is 16.4. The Morgan fingerprint density at radius 3 is 2.59 bits per heavy atom. The molecule has 2 aliphatic rings. The number of aromatic nitrogens is 2. The smallest absolute Gasteiger partial charge is 0.288 e. The Balaban J connectivity index is 1.57. The first-order valence-corrected chi connectivity index (χ1v) is 10.9. The predicted molar refractivity (Wildman–Crippen MR) is 109 cm³/mol. The lowest BCUT2D eigenvalue weighted by Gasteiger charge is -2.25. The van der Waals surface area contributed by atoms with Gasteiger partial charge in [-0.3, -0.25) is 34.4 Å². The molecule has 0 aliphatic heterocycles. The van der Waals surface area contributed by atoms with Gasteiger partial charge in [0.05, 0.1) is 4.88 Å². The Bertz CT molecular complexity index is 1030. The van der Waals surface area contributed by atoms with Gasteiger partial charge in [0, 0.05) is 17.3 Å². The van der Waals surface area contributed by atoms with Crippen molar-refractivity contribution in [1.29, 1.82) is 0 Å². The minimum absolute atomic E-state index is 0.0949. The van der Waals surface area contributed by atoms with E-state index >= 15 is 0 Å².